The monoisotopic (exact) mass is 880 g/mol. The van der Waals surface area contributed by atoms with Gasteiger partial charge in [0.15, 0.2) is 0 Å². The minimum absolute atomic E-state index is 0.181. The highest BCUT2D eigenvalue weighted by atomic mass is 79.9. The topological polar surface area (TPSA) is 91.3 Å². The van der Waals surface area contributed by atoms with E-state index in [1.165, 1.54) is 47.3 Å². The van der Waals surface area contributed by atoms with E-state index in [1.807, 2.05) is 44.2 Å². The first-order chi connectivity index (χ1) is 28.8. The summed E-state index contributed by atoms with van der Waals surface area (Å²) >= 11 is 3.27. The van der Waals surface area contributed by atoms with Gasteiger partial charge in [0, 0.05) is 29.7 Å². The first kappa shape index (κ1) is 52.6. The molecule has 5 rings (SSSR count). The van der Waals surface area contributed by atoms with E-state index >= 15 is 0 Å². The van der Waals surface area contributed by atoms with E-state index in [4.69, 9.17) is 24.1 Å². The SMILES string of the molecule is C1CCOC1.CC(C)=CCBr.CC(C)=CCOc1ccc(/C=C/c2ccc(OCC=C(C)C)cc2)cc1.CC(C)=CCOc1ccc(C=O)cc1.O=Cc1ccc(O)cc1. The van der Waals surface area contributed by atoms with E-state index in [0.29, 0.717) is 30.9 Å². The zero-order valence-corrected chi connectivity index (χ0v) is 38.4. The summed E-state index contributed by atoms with van der Waals surface area (Å²) in [5.41, 5.74) is 8.65. The Morgan fingerprint density at radius 1 is 0.500 bits per heavy atom. The van der Waals surface area contributed by atoms with Crippen LogP contribution in [0.4, 0.5) is 0 Å². The Labute approximate surface area is 368 Å². The molecule has 0 aliphatic carbocycles. The normalized spacial score (nSPS) is 10.8. The van der Waals surface area contributed by atoms with Crippen molar-refractivity contribution in [1.82, 2.24) is 0 Å². The Bertz CT molecular complexity index is 1810. The largest absolute Gasteiger partial charge is 0.508 e. The van der Waals surface area contributed by atoms with Crippen molar-refractivity contribution >= 4 is 40.7 Å². The van der Waals surface area contributed by atoms with Gasteiger partial charge in [-0.15, -0.1) is 0 Å². The fraction of sp³-hybridized carbons (Fsp3) is 0.308. The van der Waals surface area contributed by atoms with Gasteiger partial charge in [0.1, 0.15) is 55.4 Å². The highest BCUT2D eigenvalue weighted by molar-refractivity contribution is 9.09. The first-order valence-corrected chi connectivity index (χ1v) is 21.2. The molecule has 0 radical (unpaired) electrons. The number of aromatic hydroxyl groups is 1. The Morgan fingerprint density at radius 2 is 0.800 bits per heavy atom. The van der Waals surface area contributed by atoms with E-state index in [9.17, 15) is 9.59 Å². The van der Waals surface area contributed by atoms with Gasteiger partial charge in [-0.1, -0.05) is 80.7 Å². The van der Waals surface area contributed by atoms with E-state index < -0.39 is 0 Å². The molecular weight excluding hydrogens is 816 g/mol. The number of carbonyl (C=O) groups excluding carboxylic acids is 2. The van der Waals surface area contributed by atoms with Crippen LogP contribution in [-0.4, -0.2) is 56.0 Å². The molecule has 1 aliphatic rings. The molecule has 1 saturated heterocycles. The summed E-state index contributed by atoms with van der Waals surface area (Å²) in [5, 5.41) is 9.72. The lowest BCUT2D eigenvalue weighted by Crippen LogP contribution is -1.94. The van der Waals surface area contributed by atoms with Crippen LogP contribution in [0.5, 0.6) is 23.0 Å². The summed E-state index contributed by atoms with van der Waals surface area (Å²) in [6, 6.07) is 29.4. The molecule has 4 aromatic rings. The number of allylic oxidation sites excluding steroid dienone is 5. The third kappa shape index (κ3) is 28.9. The standard InChI is InChI=1S/C24H28O2.C12H14O2.C7H6O2.C5H9Br.C4H8O/c1-19(2)15-17-25-23-11-7-21(8-12-23)5-6-22-9-13-24(14-10-22)26-18-16-20(3)4;1-10(2)7-8-14-12-5-3-11(9-13)4-6-12;8-5-6-1-3-7(9)4-2-6;1-5(2)3-4-6;1-2-4-5-3-1/h5-16H,17-18H2,1-4H3;3-7,9H,8H2,1-2H3;1-5,9H;3H,4H2,1-2H3;1-4H2/b6-5+;;;;. The number of aldehydes is 2. The zero-order chi connectivity index (χ0) is 44.4. The van der Waals surface area contributed by atoms with Crippen LogP contribution in [0, 0.1) is 0 Å². The molecule has 1 N–H and O–H groups in total. The van der Waals surface area contributed by atoms with Crippen LogP contribution in [0.2, 0.25) is 0 Å². The molecule has 7 nitrogen and oxygen atoms in total. The molecular formula is C52H65BrO7. The Hall–Kier alpha value is -5.44. The average Bonchev–Trinajstić information content (AvgIpc) is 3.83. The van der Waals surface area contributed by atoms with Gasteiger partial charge < -0.3 is 24.1 Å². The van der Waals surface area contributed by atoms with Gasteiger partial charge >= 0.3 is 0 Å². The number of phenols is 1. The molecule has 0 aromatic heterocycles. The van der Waals surface area contributed by atoms with Gasteiger partial charge in [-0.05, 0) is 170 Å². The Balaban J connectivity index is 0.000000438. The summed E-state index contributed by atoms with van der Waals surface area (Å²) in [4.78, 5) is 20.4. The summed E-state index contributed by atoms with van der Waals surface area (Å²) in [5.74, 6) is 2.74. The van der Waals surface area contributed by atoms with Crippen molar-refractivity contribution in [2.24, 2.45) is 0 Å². The van der Waals surface area contributed by atoms with Crippen LogP contribution in [0.1, 0.15) is 100 Å². The molecule has 1 aliphatic heterocycles. The van der Waals surface area contributed by atoms with Crippen molar-refractivity contribution in [2.75, 3.05) is 38.4 Å². The van der Waals surface area contributed by atoms with Crippen molar-refractivity contribution in [3.05, 3.63) is 166 Å². The summed E-state index contributed by atoms with van der Waals surface area (Å²) in [6.07, 6.45) is 16.6. The quantitative estimate of drug-likeness (QED) is 0.0584. The number of phenolic OH excluding ortho intramolecular Hbond substituents is 1. The predicted molar refractivity (Wildman–Crippen MR) is 255 cm³/mol. The lowest BCUT2D eigenvalue weighted by molar-refractivity contribution is 0.111. The number of carbonyl (C=O) groups is 2. The molecule has 0 saturated carbocycles. The predicted octanol–water partition coefficient (Wildman–Crippen LogP) is 13.7. The van der Waals surface area contributed by atoms with Crippen LogP contribution in [-0.2, 0) is 4.74 Å². The number of ether oxygens (including phenoxy) is 4. The molecule has 60 heavy (non-hydrogen) atoms. The number of hydrogen-bond donors (Lipinski definition) is 1. The van der Waals surface area contributed by atoms with Crippen LogP contribution in [0.15, 0.2) is 144 Å². The molecule has 1 heterocycles. The third-order valence-corrected chi connectivity index (χ3v) is 8.14. The van der Waals surface area contributed by atoms with Gasteiger partial charge in [-0.3, -0.25) is 9.59 Å². The first-order valence-electron chi connectivity index (χ1n) is 20.1. The van der Waals surface area contributed by atoms with Gasteiger partial charge in [0.25, 0.3) is 0 Å². The fourth-order valence-corrected chi connectivity index (χ4v) is 4.96. The van der Waals surface area contributed by atoms with Crippen molar-refractivity contribution < 1.29 is 33.6 Å². The number of hydrogen-bond acceptors (Lipinski definition) is 7. The molecule has 322 valence electrons. The zero-order valence-electron chi connectivity index (χ0n) is 36.8. The van der Waals surface area contributed by atoms with Gasteiger partial charge in [-0.25, -0.2) is 0 Å². The second kappa shape index (κ2) is 33.4. The maximum Gasteiger partial charge on any atom is 0.150 e. The summed E-state index contributed by atoms with van der Waals surface area (Å²) in [6.45, 7) is 20.3. The van der Waals surface area contributed by atoms with Crippen LogP contribution in [0.25, 0.3) is 12.2 Å². The molecule has 0 unspecified atom stereocenters. The van der Waals surface area contributed by atoms with Crippen molar-refractivity contribution in [3.8, 4) is 23.0 Å². The van der Waals surface area contributed by atoms with E-state index in [1.54, 1.807) is 36.4 Å². The number of benzene rings is 4. The maximum atomic E-state index is 10.4. The van der Waals surface area contributed by atoms with Crippen molar-refractivity contribution in [3.63, 3.8) is 0 Å². The van der Waals surface area contributed by atoms with Crippen LogP contribution in [0.3, 0.4) is 0 Å². The molecule has 0 amide bonds. The summed E-state index contributed by atoms with van der Waals surface area (Å²) < 4.78 is 21.7. The second-order valence-electron chi connectivity index (χ2n) is 14.4. The smallest absolute Gasteiger partial charge is 0.150 e. The molecule has 0 bridgehead atoms. The lowest BCUT2D eigenvalue weighted by Gasteiger charge is -2.04. The molecule has 0 spiro atoms. The number of rotatable bonds is 14. The highest BCUT2D eigenvalue weighted by Gasteiger charge is 1.97. The number of alkyl halides is 1. The lowest BCUT2D eigenvalue weighted by atomic mass is 10.1. The van der Waals surface area contributed by atoms with Gasteiger partial charge in [0.2, 0.25) is 0 Å². The van der Waals surface area contributed by atoms with Gasteiger partial charge in [0.05, 0.1) is 0 Å². The number of halogens is 1. The maximum absolute atomic E-state index is 10.4. The minimum atomic E-state index is 0.181. The second-order valence-corrected chi connectivity index (χ2v) is 15.0. The molecule has 4 aromatic carbocycles. The van der Waals surface area contributed by atoms with E-state index in [-0.39, 0.29) is 5.75 Å². The fourth-order valence-electron chi connectivity index (χ4n) is 4.32. The Morgan fingerprint density at radius 3 is 1.03 bits per heavy atom. The Kier molecular flexibility index (Phi) is 29.3. The van der Waals surface area contributed by atoms with Crippen molar-refractivity contribution in [1.29, 1.82) is 0 Å². The third-order valence-electron chi connectivity index (χ3n) is 7.81. The molecule has 0 atom stereocenters. The summed E-state index contributed by atoms with van der Waals surface area (Å²) in [7, 11) is 0. The van der Waals surface area contributed by atoms with E-state index in [2.05, 4.69) is 112 Å². The molecule has 8 heteroatoms. The van der Waals surface area contributed by atoms with Gasteiger partial charge in [-0.2, -0.15) is 0 Å². The molecule has 1 fully saturated rings. The average molecular weight is 882 g/mol. The van der Waals surface area contributed by atoms with Crippen LogP contribution < -0.4 is 14.2 Å². The van der Waals surface area contributed by atoms with E-state index in [0.717, 1.165) is 59.5 Å². The van der Waals surface area contributed by atoms with Crippen molar-refractivity contribution in [2.45, 2.75) is 68.2 Å². The highest BCUT2D eigenvalue weighted by Crippen LogP contribution is 2.17. The van der Waals surface area contributed by atoms with Crippen LogP contribution >= 0.6 is 15.9 Å². The minimum Gasteiger partial charge on any atom is -0.508 e.